The van der Waals surface area contributed by atoms with Gasteiger partial charge in [-0.3, -0.25) is 15.4 Å². The first kappa shape index (κ1) is 8.98. The molecule has 6 heteroatoms. The minimum Gasteiger partial charge on any atom is -0.282 e. The molecule has 1 radical (unpaired) electrons. The average Bonchev–Trinajstić information content (AvgIpc) is 2.03. The van der Waals surface area contributed by atoms with Crippen molar-refractivity contribution in [2.75, 3.05) is 5.32 Å². The van der Waals surface area contributed by atoms with E-state index in [-0.39, 0.29) is 11.4 Å². The lowest BCUT2D eigenvalue weighted by Gasteiger charge is -1.99. The Kier molecular flexibility index (Phi) is 2.44. The highest BCUT2D eigenvalue weighted by molar-refractivity contribution is 5.85. The number of rotatable bonds is 2. The second-order valence-corrected chi connectivity index (χ2v) is 2.19. The highest BCUT2D eigenvalue weighted by Crippen LogP contribution is 2.22. The van der Waals surface area contributed by atoms with E-state index in [1.165, 1.54) is 24.3 Å². The summed E-state index contributed by atoms with van der Waals surface area (Å²) >= 11 is 0. The van der Waals surface area contributed by atoms with E-state index in [1.54, 1.807) is 0 Å². The number of hydrogen-bond acceptors (Lipinski definition) is 3. The van der Waals surface area contributed by atoms with E-state index in [2.05, 4.69) is 0 Å². The predicted molar refractivity (Wildman–Crippen MR) is 42.8 cm³/mol. The minimum atomic E-state index is -1.57. The Labute approximate surface area is 73.0 Å². The molecule has 0 fully saturated rings. The number of para-hydroxylation sites is 2. The molecule has 0 saturated carbocycles. The summed E-state index contributed by atoms with van der Waals surface area (Å²) in [6.45, 7) is 0. The zero-order chi connectivity index (χ0) is 9.84. The Hall–Kier alpha value is -2.11. The molecule has 6 nitrogen and oxygen atoms in total. The second-order valence-electron chi connectivity index (χ2n) is 2.19. The van der Waals surface area contributed by atoms with E-state index in [0.717, 1.165) is 0 Å². The highest BCUT2D eigenvalue weighted by atomic mass is 16.6. The number of nitrogens with zero attached hydrogens (tertiary/aromatic N) is 1. The Bertz CT molecular complexity index is 350. The van der Waals surface area contributed by atoms with Crippen molar-refractivity contribution in [1.82, 2.24) is 0 Å². The SMILES string of the molecule is [O]C(=O)Nc1ccccc1[N+](=O)[O-]. The normalized spacial score (nSPS) is 9.23. The Morgan fingerprint density at radius 1 is 1.38 bits per heavy atom. The molecule has 0 unspecified atom stereocenters. The zero-order valence-electron chi connectivity index (χ0n) is 6.39. The van der Waals surface area contributed by atoms with E-state index in [1.807, 2.05) is 5.32 Å². The summed E-state index contributed by atoms with van der Waals surface area (Å²) in [6.07, 6.45) is -1.57. The highest BCUT2D eigenvalue weighted by Gasteiger charge is 2.14. The number of amides is 1. The van der Waals surface area contributed by atoms with Crippen LogP contribution in [0.1, 0.15) is 0 Å². The van der Waals surface area contributed by atoms with Crippen LogP contribution >= 0.6 is 0 Å². The van der Waals surface area contributed by atoms with E-state index in [9.17, 15) is 20.0 Å². The molecule has 0 atom stereocenters. The van der Waals surface area contributed by atoms with Gasteiger partial charge in [-0.05, 0) is 6.07 Å². The van der Waals surface area contributed by atoms with Crippen LogP contribution in [0.25, 0.3) is 0 Å². The maximum Gasteiger partial charge on any atom is 0.455 e. The molecule has 1 rings (SSSR count). The van der Waals surface area contributed by atoms with Crippen LogP contribution < -0.4 is 5.32 Å². The Morgan fingerprint density at radius 2 is 2.00 bits per heavy atom. The fourth-order valence-corrected chi connectivity index (χ4v) is 0.849. The molecule has 1 N–H and O–H groups in total. The van der Waals surface area contributed by atoms with Crippen LogP contribution in [0.5, 0.6) is 0 Å². The van der Waals surface area contributed by atoms with Gasteiger partial charge < -0.3 is 0 Å². The molecular weight excluding hydrogens is 176 g/mol. The quantitative estimate of drug-likeness (QED) is 0.554. The first-order valence-electron chi connectivity index (χ1n) is 3.32. The molecule has 0 aliphatic carbocycles. The van der Waals surface area contributed by atoms with Crippen LogP contribution in [0.4, 0.5) is 16.2 Å². The van der Waals surface area contributed by atoms with Gasteiger partial charge in [0.15, 0.2) is 0 Å². The molecule has 0 aliphatic rings. The van der Waals surface area contributed by atoms with Gasteiger partial charge >= 0.3 is 6.09 Å². The fourth-order valence-electron chi connectivity index (χ4n) is 0.849. The van der Waals surface area contributed by atoms with Crippen molar-refractivity contribution < 1.29 is 14.8 Å². The van der Waals surface area contributed by atoms with Gasteiger partial charge in [-0.1, -0.05) is 12.1 Å². The molecule has 0 aromatic heterocycles. The topological polar surface area (TPSA) is 92.1 Å². The maximum atomic E-state index is 10.4. The summed E-state index contributed by atoms with van der Waals surface area (Å²) in [6, 6.07) is 5.41. The van der Waals surface area contributed by atoms with Gasteiger partial charge in [0.25, 0.3) is 5.69 Å². The Morgan fingerprint density at radius 3 is 2.54 bits per heavy atom. The van der Waals surface area contributed by atoms with Crippen LogP contribution in [0.15, 0.2) is 24.3 Å². The van der Waals surface area contributed by atoms with Crippen LogP contribution in [0.3, 0.4) is 0 Å². The molecule has 1 aromatic rings. The summed E-state index contributed by atoms with van der Waals surface area (Å²) in [5.41, 5.74) is -0.390. The number of hydrogen-bond donors (Lipinski definition) is 1. The van der Waals surface area contributed by atoms with Gasteiger partial charge in [0.1, 0.15) is 5.69 Å². The second kappa shape index (κ2) is 3.53. The number of carbonyl (C=O) groups is 1. The summed E-state index contributed by atoms with van der Waals surface area (Å²) in [4.78, 5) is 19.8. The smallest absolute Gasteiger partial charge is 0.282 e. The number of benzene rings is 1. The maximum absolute atomic E-state index is 10.4. The molecule has 0 saturated heterocycles. The molecule has 0 heterocycles. The van der Waals surface area contributed by atoms with Gasteiger partial charge in [0.2, 0.25) is 0 Å². The van der Waals surface area contributed by atoms with Crippen LogP contribution in [0, 0.1) is 10.1 Å². The third-order valence-corrected chi connectivity index (χ3v) is 1.34. The monoisotopic (exact) mass is 181 g/mol. The van der Waals surface area contributed by atoms with Crippen LogP contribution in [-0.2, 0) is 5.11 Å². The molecule has 0 spiro atoms. The van der Waals surface area contributed by atoms with Gasteiger partial charge in [-0.25, -0.2) is 9.90 Å². The molecule has 67 valence electrons. The molecule has 0 aliphatic heterocycles. The number of nitrogens with one attached hydrogen (secondary N) is 1. The van der Waals surface area contributed by atoms with Gasteiger partial charge in [0, 0.05) is 6.07 Å². The molecular formula is C7H5N2O4. The lowest BCUT2D eigenvalue weighted by atomic mass is 10.3. The minimum absolute atomic E-state index is 0.0903. The lowest BCUT2D eigenvalue weighted by Crippen LogP contribution is -2.07. The van der Waals surface area contributed by atoms with E-state index in [4.69, 9.17) is 0 Å². The molecule has 1 aromatic carbocycles. The summed E-state index contributed by atoms with van der Waals surface area (Å²) < 4.78 is 0. The number of anilines is 1. The zero-order valence-corrected chi connectivity index (χ0v) is 6.39. The van der Waals surface area contributed by atoms with Gasteiger partial charge in [0.05, 0.1) is 4.92 Å². The molecule has 1 amide bonds. The summed E-state index contributed by atoms with van der Waals surface area (Å²) in [5.74, 6) is 0. The third kappa shape index (κ3) is 2.16. The van der Waals surface area contributed by atoms with Crippen molar-refractivity contribution in [3.05, 3.63) is 34.4 Å². The van der Waals surface area contributed by atoms with E-state index >= 15 is 0 Å². The van der Waals surface area contributed by atoms with Gasteiger partial charge in [-0.15, -0.1) is 0 Å². The van der Waals surface area contributed by atoms with E-state index < -0.39 is 11.0 Å². The average molecular weight is 181 g/mol. The molecule has 0 bridgehead atoms. The van der Waals surface area contributed by atoms with Crippen molar-refractivity contribution in [3.63, 3.8) is 0 Å². The first-order chi connectivity index (χ1) is 6.11. The fraction of sp³-hybridized carbons (Fsp3) is 0. The number of nitro groups is 1. The molecule has 13 heavy (non-hydrogen) atoms. The van der Waals surface area contributed by atoms with Crippen molar-refractivity contribution in [3.8, 4) is 0 Å². The van der Waals surface area contributed by atoms with Crippen LogP contribution in [0.2, 0.25) is 0 Å². The van der Waals surface area contributed by atoms with Crippen LogP contribution in [-0.4, -0.2) is 11.0 Å². The summed E-state index contributed by atoms with van der Waals surface area (Å²) in [5, 5.41) is 22.3. The van der Waals surface area contributed by atoms with Crippen molar-refractivity contribution in [1.29, 1.82) is 0 Å². The third-order valence-electron chi connectivity index (χ3n) is 1.34. The first-order valence-corrected chi connectivity index (χ1v) is 3.32. The van der Waals surface area contributed by atoms with Crippen molar-refractivity contribution >= 4 is 17.5 Å². The standard InChI is InChI=1S/C7H5N2O4/c10-7(11)8-5-3-1-2-4-6(5)9(12)13/h1-4,8H. The lowest BCUT2D eigenvalue weighted by molar-refractivity contribution is -0.383. The summed E-state index contributed by atoms with van der Waals surface area (Å²) in [7, 11) is 0. The van der Waals surface area contributed by atoms with Gasteiger partial charge in [-0.2, -0.15) is 0 Å². The van der Waals surface area contributed by atoms with Crippen molar-refractivity contribution in [2.45, 2.75) is 0 Å². The number of nitro benzene ring substituents is 1. The Balaban J connectivity index is 3.04. The van der Waals surface area contributed by atoms with Crippen molar-refractivity contribution in [2.24, 2.45) is 0 Å². The predicted octanol–water partition coefficient (Wildman–Crippen LogP) is 1.56. The number of carbonyl (C=O) groups excluding carboxylic acids is 1. The van der Waals surface area contributed by atoms with E-state index in [0.29, 0.717) is 0 Å². The largest absolute Gasteiger partial charge is 0.455 e.